The Morgan fingerprint density at radius 2 is 2.17 bits per heavy atom. The Morgan fingerprint density at radius 3 is 2.67 bits per heavy atom. The van der Waals surface area contributed by atoms with Gasteiger partial charge in [-0.05, 0) is 23.8 Å². The molecule has 1 rings (SSSR count). The molecule has 1 aromatic heterocycles. The number of aromatic nitrogens is 1. The van der Waals surface area contributed by atoms with Gasteiger partial charge >= 0.3 is 0 Å². The third-order valence-corrected chi connectivity index (χ3v) is 1.63. The number of nitrogens with one attached hydrogen (secondary N) is 1. The summed E-state index contributed by atoms with van der Waals surface area (Å²) in [5.74, 6) is 0.843. The van der Waals surface area contributed by atoms with E-state index in [1.807, 2.05) is 19.2 Å². The highest BCUT2D eigenvalue weighted by atomic mass is 15.0. The van der Waals surface area contributed by atoms with E-state index >= 15 is 0 Å². The van der Waals surface area contributed by atoms with Crippen molar-refractivity contribution in [1.29, 1.82) is 0 Å². The van der Waals surface area contributed by atoms with Gasteiger partial charge in [0.1, 0.15) is 5.82 Å². The monoisotopic (exact) mass is 162 g/mol. The van der Waals surface area contributed by atoms with Gasteiger partial charge in [-0.15, -0.1) is 0 Å². The highest BCUT2D eigenvalue weighted by Crippen LogP contribution is 2.12. The van der Waals surface area contributed by atoms with Crippen LogP contribution in [0, 0.1) is 0 Å². The van der Waals surface area contributed by atoms with Crippen LogP contribution in [-0.2, 0) is 0 Å². The molecule has 0 aliphatic rings. The molecule has 0 radical (unpaired) electrons. The van der Waals surface area contributed by atoms with Crippen LogP contribution < -0.4 is 5.32 Å². The fourth-order valence-corrected chi connectivity index (χ4v) is 0.961. The first-order chi connectivity index (χ1) is 5.81. The Morgan fingerprint density at radius 1 is 1.42 bits per heavy atom. The van der Waals surface area contributed by atoms with Crippen LogP contribution in [0.1, 0.15) is 12.7 Å². The first-order valence-electron chi connectivity index (χ1n) is 3.75. The molecule has 0 amide bonds. The van der Waals surface area contributed by atoms with Crippen LogP contribution in [0.2, 0.25) is 0 Å². The molecular formula is C10H14N2. The van der Waals surface area contributed by atoms with Crippen LogP contribution >= 0.6 is 0 Å². The van der Waals surface area contributed by atoms with E-state index in [9.17, 15) is 0 Å². The molecule has 64 valence electrons. The number of anilines is 1. The summed E-state index contributed by atoms with van der Waals surface area (Å²) >= 11 is 0. The van der Waals surface area contributed by atoms with Crippen LogP contribution in [-0.4, -0.2) is 12.0 Å². The zero-order valence-corrected chi connectivity index (χ0v) is 7.17. The van der Waals surface area contributed by atoms with Crippen molar-refractivity contribution in [3.05, 3.63) is 36.5 Å². The molecular weight excluding hydrogens is 148 g/mol. The fourth-order valence-electron chi connectivity index (χ4n) is 0.961. The zero-order chi connectivity index (χ0) is 8.97. The topological polar surface area (TPSA) is 24.9 Å². The summed E-state index contributed by atoms with van der Waals surface area (Å²) in [6.07, 6.45) is 3.49. The standard InChI is InChI=1S/C10H12N2.H2/c1-4-8-6-7-10(11-3)12-9(8)5-2;/h4-7H,1-2H2,3H3,(H,11,12);1H. The van der Waals surface area contributed by atoms with Gasteiger partial charge in [0.25, 0.3) is 0 Å². The molecule has 0 aromatic carbocycles. The van der Waals surface area contributed by atoms with E-state index < -0.39 is 0 Å². The van der Waals surface area contributed by atoms with E-state index in [2.05, 4.69) is 23.5 Å². The molecule has 0 atom stereocenters. The van der Waals surface area contributed by atoms with Crippen molar-refractivity contribution in [2.75, 3.05) is 12.4 Å². The second kappa shape index (κ2) is 3.72. The van der Waals surface area contributed by atoms with Crippen molar-refractivity contribution >= 4 is 18.0 Å². The lowest BCUT2D eigenvalue weighted by atomic mass is 10.2. The van der Waals surface area contributed by atoms with Crippen LogP contribution in [0.5, 0.6) is 0 Å². The van der Waals surface area contributed by atoms with E-state index in [0.29, 0.717) is 0 Å². The van der Waals surface area contributed by atoms with Gasteiger partial charge in [-0.3, -0.25) is 0 Å². The van der Waals surface area contributed by atoms with Crippen molar-refractivity contribution < 1.29 is 1.43 Å². The lowest BCUT2D eigenvalue weighted by Crippen LogP contribution is -1.94. The summed E-state index contributed by atoms with van der Waals surface area (Å²) in [7, 11) is 1.84. The zero-order valence-electron chi connectivity index (χ0n) is 7.17. The number of hydrogen-bond donors (Lipinski definition) is 1. The Balaban J connectivity index is 0.00000144. The van der Waals surface area contributed by atoms with Crippen LogP contribution in [0.3, 0.4) is 0 Å². The molecule has 1 aromatic rings. The largest absolute Gasteiger partial charge is 0.373 e. The Kier molecular flexibility index (Phi) is 2.64. The molecule has 0 fully saturated rings. The average Bonchev–Trinajstić information content (AvgIpc) is 2.16. The van der Waals surface area contributed by atoms with Crippen molar-refractivity contribution in [2.45, 2.75) is 0 Å². The number of rotatable bonds is 3. The van der Waals surface area contributed by atoms with Gasteiger partial charge < -0.3 is 5.32 Å². The molecule has 2 nitrogen and oxygen atoms in total. The van der Waals surface area contributed by atoms with Crippen LogP contribution in [0.25, 0.3) is 12.2 Å². The lowest BCUT2D eigenvalue weighted by molar-refractivity contribution is 1.25. The smallest absolute Gasteiger partial charge is 0.126 e. The van der Waals surface area contributed by atoms with Gasteiger partial charge in [0, 0.05) is 8.47 Å². The number of nitrogens with zero attached hydrogens (tertiary/aromatic N) is 1. The van der Waals surface area contributed by atoms with Gasteiger partial charge in [0.2, 0.25) is 0 Å². The second-order valence-corrected chi connectivity index (χ2v) is 2.33. The third kappa shape index (κ3) is 1.53. The molecule has 12 heavy (non-hydrogen) atoms. The minimum atomic E-state index is 0. The molecule has 0 bridgehead atoms. The Hall–Kier alpha value is -1.57. The van der Waals surface area contributed by atoms with Gasteiger partial charge in [0.05, 0.1) is 5.69 Å². The predicted molar refractivity (Wildman–Crippen MR) is 56.1 cm³/mol. The Labute approximate surface area is 74.1 Å². The van der Waals surface area contributed by atoms with Gasteiger partial charge in [-0.1, -0.05) is 19.2 Å². The van der Waals surface area contributed by atoms with Crippen LogP contribution in [0.15, 0.2) is 25.3 Å². The summed E-state index contributed by atoms with van der Waals surface area (Å²) in [6, 6.07) is 3.87. The molecule has 1 N–H and O–H groups in total. The maximum Gasteiger partial charge on any atom is 0.126 e. The van der Waals surface area contributed by atoms with E-state index in [4.69, 9.17) is 0 Å². The van der Waals surface area contributed by atoms with Crippen molar-refractivity contribution in [3.63, 3.8) is 0 Å². The molecule has 0 saturated heterocycles. The minimum Gasteiger partial charge on any atom is -0.373 e. The van der Waals surface area contributed by atoms with E-state index in [1.54, 1.807) is 12.2 Å². The summed E-state index contributed by atoms with van der Waals surface area (Å²) < 4.78 is 0. The summed E-state index contributed by atoms with van der Waals surface area (Å²) in [4.78, 5) is 4.28. The van der Waals surface area contributed by atoms with Crippen molar-refractivity contribution in [3.8, 4) is 0 Å². The molecule has 0 saturated carbocycles. The quantitative estimate of drug-likeness (QED) is 0.739. The number of hydrogen-bond acceptors (Lipinski definition) is 2. The molecule has 0 aliphatic heterocycles. The first kappa shape index (κ1) is 8.53. The SMILES string of the molecule is C=Cc1ccc(NC)nc1C=C.[HH]. The highest BCUT2D eigenvalue weighted by Gasteiger charge is 1.97. The molecule has 0 unspecified atom stereocenters. The first-order valence-corrected chi connectivity index (χ1v) is 3.75. The van der Waals surface area contributed by atoms with E-state index in [0.717, 1.165) is 17.1 Å². The van der Waals surface area contributed by atoms with Crippen molar-refractivity contribution in [2.24, 2.45) is 0 Å². The summed E-state index contributed by atoms with van der Waals surface area (Å²) in [5, 5.41) is 2.96. The van der Waals surface area contributed by atoms with Gasteiger partial charge in [-0.25, -0.2) is 4.98 Å². The molecule has 0 spiro atoms. The average molecular weight is 162 g/mol. The number of pyridine rings is 1. The van der Waals surface area contributed by atoms with E-state index in [1.165, 1.54) is 0 Å². The Bertz CT molecular complexity index is 308. The molecule has 2 heteroatoms. The minimum absolute atomic E-state index is 0. The van der Waals surface area contributed by atoms with E-state index in [-0.39, 0.29) is 1.43 Å². The molecule has 1 heterocycles. The maximum atomic E-state index is 4.28. The highest BCUT2D eigenvalue weighted by molar-refractivity contribution is 5.62. The lowest BCUT2D eigenvalue weighted by Gasteiger charge is -2.03. The third-order valence-electron chi connectivity index (χ3n) is 1.63. The normalized spacial score (nSPS) is 9.08. The summed E-state index contributed by atoms with van der Waals surface area (Å²) in [5.41, 5.74) is 1.86. The fraction of sp³-hybridized carbons (Fsp3) is 0.100. The maximum absolute atomic E-state index is 4.28. The molecule has 0 aliphatic carbocycles. The van der Waals surface area contributed by atoms with Gasteiger partial charge in [0.15, 0.2) is 0 Å². The van der Waals surface area contributed by atoms with Gasteiger partial charge in [-0.2, -0.15) is 0 Å². The predicted octanol–water partition coefficient (Wildman–Crippen LogP) is 2.66. The second-order valence-electron chi connectivity index (χ2n) is 2.33. The van der Waals surface area contributed by atoms with Crippen LogP contribution in [0.4, 0.5) is 5.82 Å². The van der Waals surface area contributed by atoms with Crippen molar-refractivity contribution in [1.82, 2.24) is 4.98 Å². The summed E-state index contributed by atoms with van der Waals surface area (Å²) in [6.45, 7) is 7.36.